The molecule has 2 aliphatic heterocycles. The van der Waals surface area contributed by atoms with Crippen LogP contribution >= 0.6 is 0 Å². The lowest BCUT2D eigenvalue weighted by molar-refractivity contribution is -0.137. The number of hydrogen-bond donors (Lipinski definition) is 1. The second-order valence-electron chi connectivity index (χ2n) is 9.67. The van der Waals surface area contributed by atoms with Gasteiger partial charge in [0, 0.05) is 49.9 Å². The molecule has 7 nitrogen and oxygen atoms in total. The maximum atomic E-state index is 13.2. The molecule has 4 heterocycles. The third kappa shape index (κ3) is 4.25. The number of hydrogen-bond acceptors (Lipinski definition) is 4. The number of likely N-dealkylation sites (tertiary alicyclic amines) is 1. The van der Waals surface area contributed by atoms with Gasteiger partial charge in [-0.25, -0.2) is 13.4 Å². The molecule has 34 heavy (non-hydrogen) atoms. The summed E-state index contributed by atoms with van der Waals surface area (Å²) in [6.45, 7) is 6.19. The minimum absolute atomic E-state index is 0.0972. The topological polar surface area (TPSA) is 86.4 Å². The number of pyridine rings is 1. The number of benzene rings is 1. The van der Waals surface area contributed by atoms with Crippen molar-refractivity contribution < 1.29 is 13.2 Å². The molecular weight excluding hydrogens is 448 g/mol. The number of carbonyl (C=O) groups is 1. The van der Waals surface area contributed by atoms with Crippen molar-refractivity contribution in [2.45, 2.75) is 50.3 Å². The SMILES string of the molecule is Cc1ccc(S(=O)(=O)N2CCC(C(=O)N3CCC(c4c[nH]c5ncccc45)CC3)CC2)cc1C. The molecule has 8 heteroatoms. The number of carbonyl (C=O) groups excluding carboxylic acids is 1. The summed E-state index contributed by atoms with van der Waals surface area (Å²) in [5, 5.41) is 1.17. The van der Waals surface area contributed by atoms with Crippen molar-refractivity contribution in [3.63, 3.8) is 0 Å². The molecule has 0 aliphatic carbocycles. The Bertz CT molecular complexity index is 1300. The van der Waals surface area contributed by atoms with Gasteiger partial charge < -0.3 is 9.88 Å². The van der Waals surface area contributed by atoms with Crippen molar-refractivity contribution in [2.75, 3.05) is 26.2 Å². The number of H-pyrrole nitrogens is 1. The molecular formula is C26H32N4O3S. The summed E-state index contributed by atoms with van der Waals surface area (Å²) in [4.78, 5) is 23.2. The smallest absolute Gasteiger partial charge is 0.243 e. The summed E-state index contributed by atoms with van der Waals surface area (Å²) in [5.74, 6) is 0.509. The van der Waals surface area contributed by atoms with E-state index in [0.29, 0.717) is 36.7 Å². The number of sulfonamides is 1. The first kappa shape index (κ1) is 23.1. The maximum absolute atomic E-state index is 13.2. The van der Waals surface area contributed by atoms with Crippen LogP contribution in [0.15, 0.2) is 47.6 Å². The number of aryl methyl sites for hydroxylation is 2. The van der Waals surface area contributed by atoms with E-state index < -0.39 is 10.0 Å². The average molecular weight is 481 g/mol. The average Bonchev–Trinajstić information content (AvgIpc) is 3.29. The molecule has 2 aromatic heterocycles. The van der Waals surface area contributed by atoms with E-state index in [0.717, 1.165) is 42.7 Å². The Morgan fingerprint density at radius 1 is 1.00 bits per heavy atom. The Kier molecular flexibility index (Phi) is 6.20. The van der Waals surface area contributed by atoms with E-state index in [1.54, 1.807) is 18.3 Å². The van der Waals surface area contributed by atoms with E-state index in [1.165, 1.54) is 15.3 Å². The molecule has 2 aliphatic rings. The van der Waals surface area contributed by atoms with Gasteiger partial charge in [-0.2, -0.15) is 4.31 Å². The number of piperidine rings is 2. The summed E-state index contributed by atoms with van der Waals surface area (Å²) in [5.41, 5.74) is 4.25. The summed E-state index contributed by atoms with van der Waals surface area (Å²) >= 11 is 0. The molecule has 0 atom stereocenters. The van der Waals surface area contributed by atoms with Crippen LogP contribution in [0.3, 0.4) is 0 Å². The third-order valence-corrected chi connectivity index (χ3v) is 9.54. The van der Waals surface area contributed by atoms with Gasteiger partial charge in [0.1, 0.15) is 5.65 Å². The highest BCUT2D eigenvalue weighted by molar-refractivity contribution is 7.89. The van der Waals surface area contributed by atoms with Crippen LogP contribution in [0, 0.1) is 19.8 Å². The highest BCUT2D eigenvalue weighted by Crippen LogP contribution is 2.34. The van der Waals surface area contributed by atoms with Crippen LogP contribution in [0.1, 0.15) is 48.3 Å². The van der Waals surface area contributed by atoms with Gasteiger partial charge in [0.05, 0.1) is 4.90 Å². The largest absolute Gasteiger partial charge is 0.346 e. The number of nitrogens with zero attached hydrogens (tertiary/aromatic N) is 3. The van der Waals surface area contributed by atoms with Crippen molar-refractivity contribution in [2.24, 2.45) is 5.92 Å². The van der Waals surface area contributed by atoms with E-state index in [4.69, 9.17) is 0 Å². The standard InChI is InChI=1S/C26H32N4O3S/c1-18-5-6-22(16-19(18)2)34(32,33)30-14-9-21(10-15-30)26(31)29-12-7-20(8-13-29)24-17-28-25-23(24)4-3-11-27-25/h3-6,11,16-17,20-21H,7-10,12-15H2,1-2H3,(H,27,28). The first-order valence-electron chi connectivity index (χ1n) is 12.1. The Morgan fingerprint density at radius 2 is 1.74 bits per heavy atom. The fourth-order valence-electron chi connectivity index (χ4n) is 5.35. The second kappa shape index (κ2) is 9.15. The molecule has 0 saturated carbocycles. The Morgan fingerprint density at radius 3 is 2.44 bits per heavy atom. The minimum Gasteiger partial charge on any atom is -0.346 e. The minimum atomic E-state index is -3.53. The zero-order chi connectivity index (χ0) is 23.9. The number of fused-ring (bicyclic) bond motifs is 1. The van der Waals surface area contributed by atoms with Crippen molar-refractivity contribution in [1.82, 2.24) is 19.2 Å². The van der Waals surface area contributed by atoms with Gasteiger partial charge in [0.15, 0.2) is 0 Å². The van der Waals surface area contributed by atoms with Gasteiger partial charge in [-0.1, -0.05) is 6.07 Å². The number of aromatic nitrogens is 2. The summed E-state index contributed by atoms with van der Waals surface area (Å²) < 4.78 is 27.7. The molecule has 0 unspecified atom stereocenters. The molecule has 1 amide bonds. The molecule has 1 N–H and O–H groups in total. The zero-order valence-electron chi connectivity index (χ0n) is 19.8. The fourth-order valence-corrected chi connectivity index (χ4v) is 6.91. The number of amides is 1. The zero-order valence-corrected chi connectivity index (χ0v) is 20.6. The highest BCUT2D eigenvalue weighted by atomic mass is 32.2. The summed E-state index contributed by atoms with van der Waals surface area (Å²) in [6.07, 6.45) is 6.89. The van der Waals surface area contributed by atoms with Crippen molar-refractivity contribution >= 4 is 27.0 Å². The monoisotopic (exact) mass is 480 g/mol. The fraction of sp³-hybridized carbons (Fsp3) is 0.462. The second-order valence-corrected chi connectivity index (χ2v) is 11.6. The first-order valence-corrected chi connectivity index (χ1v) is 13.6. The van der Waals surface area contributed by atoms with E-state index >= 15 is 0 Å². The summed E-state index contributed by atoms with van der Waals surface area (Å²) in [7, 11) is -3.53. The molecule has 0 spiro atoms. The van der Waals surface area contributed by atoms with Gasteiger partial charge in [-0.15, -0.1) is 0 Å². The van der Waals surface area contributed by atoms with Crippen LogP contribution in [0.5, 0.6) is 0 Å². The van der Waals surface area contributed by atoms with Crippen LogP contribution in [-0.4, -0.2) is 59.7 Å². The Labute approximate surface area is 201 Å². The molecule has 1 aromatic carbocycles. The van der Waals surface area contributed by atoms with E-state index in [1.807, 2.05) is 30.9 Å². The number of rotatable bonds is 4. The van der Waals surface area contributed by atoms with E-state index in [2.05, 4.69) is 22.2 Å². The maximum Gasteiger partial charge on any atom is 0.243 e. The number of aromatic amines is 1. The Hall–Kier alpha value is -2.71. The summed E-state index contributed by atoms with van der Waals surface area (Å²) in [6, 6.07) is 9.35. The highest BCUT2D eigenvalue weighted by Gasteiger charge is 2.35. The lowest BCUT2D eigenvalue weighted by atomic mass is 9.88. The Balaban J connectivity index is 1.17. The molecule has 5 rings (SSSR count). The quantitative estimate of drug-likeness (QED) is 0.612. The van der Waals surface area contributed by atoms with E-state index in [9.17, 15) is 13.2 Å². The van der Waals surface area contributed by atoms with Crippen LogP contribution < -0.4 is 0 Å². The first-order chi connectivity index (χ1) is 16.3. The van der Waals surface area contributed by atoms with Gasteiger partial charge in [0.25, 0.3) is 0 Å². The number of nitrogens with one attached hydrogen (secondary N) is 1. The van der Waals surface area contributed by atoms with Crippen LogP contribution in [0.4, 0.5) is 0 Å². The van der Waals surface area contributed by atoms with Gasteiger partial charge in [-0.3, -0.25) is 4.79 Å². The van der Waals surface area contributed by atoms with Crippen molar-refractivity contribution in [3.8, 4) is 0 Å². The van der Waals surface area contributed by atoms with Gasteiger partial charge >= 0.3 is 0 Å². The third-order valence-electron chi connectivity index (χ3n) is 7.65. The normalized spacial score (nSPS) is 19.1. The van der Waals surface area contributed by atoms with Gasteiger partial charge in [0.2, 0.25) is 15.9 Å². The predicted molar refractivity (Wildman–Crippen MR) is 132 cm³/mol. The van der Waals surface area contributed by atoms with Crippen LogP contribution in [0.25, 0.3) is 11.0 Å². The molecule has 180 valence electrons. The predicted octanol–water partition coefficient (Wildman–Crippen LogP) is 3.99. The molecule has 2 saturated heterocycles. The molecule has 0 bridgehead atoms. The van der Waals surface area contributed by atoms with Crippen LogP contribution in [-0.2, 0) is 14.8 Å². The van der Waals surface area contributed by atoms with E-state index in [-0.39, 0.29) is 11.8 Å². The molecule has 0 radical (unpaired) electrons. The van der Waals surface area contributed by atoms with Crippen molar-refractivity contribution in [1.29, 1.82) is 0 Å². The molecule has 2 fully saturated rings. The van der Waals surface area contributed by atoms with Crippen molar-refractivity contribution in [3.05, 3.63) is 59.4 Å². The lowest BCUT2D eigenvalue weighted by Gasteiger charge is -2.37. The molecule has 3 aromatic rings. The lowest BCUT2D eigenvalue weighted by Crippen LogP contribution is -2.46. The van der Waals surface area contributed by atoms with Gasteiger partial charge in [-0.05, 0) is 86.4 Å². The van der Waals surface area contributed by atoms with Crippen LogP contribution in [0.2, 0.25) is 0 Å².